The second kappa shape index (κ2) is 56.9. The first-order valence-corrected chi connectivity index (χ1v) is 49.4. The van der Waals surface area contributed by atoms with E-state index < -0.39 is 123 Å². The van der Waals surface area contributed by atoms with Crippen molar-refractivity contribution in [2.75, 3.05) is 40.1 Å². The number of rotatable bonds is 56. The van der Waals surface area contributed by atoms with Gasteiger partial charge in [0.2, 0.25) is 0 Å². The van der Waals surface area contributed by atoms with Gasteiger partial charge in [0.1, 0.15) is 97.7 Å². The van der Waals surface area contributed by atoms with Crippen LogP contribution in [0.25, 0.3) is 0 Å². The predicted octanol–water partition coefficient (Wildman–Crippen LogP) is 19.9. The van der Waals surface area contributed by atoms with Crippen molar-refractivity contribution >= 4 is 5.97 Å². The molecule has 12 aromatic rings. The molecule has 0 bridgehead atoms. The molecule has 742 valence electrons. The Morgan fingerprint density at radius 3 is 0.681 bits per heavy atom. The van der Waals surface area contributed by atoms with Crippen molar-refractivity contribution in [1.82, 2.24) is 0 Å². The molecule has 0 spiro atoms. The third-order valence-corrected chi connectivity index (χ3v) is 25.4. The molecule has 4 aliphatic heterocycles. The monoisotopic (exact) mass is 1920 g/mol. The van der Waals surface area contributed by atoms with Gasteiger partial charge in [0, 0.05) is 13.0 Å². The van der Waals surface area contributed by atoms with Crippen LogP contribution >= 0.6 is 0 Å². The smallest absolute Gasteiger partial charge is 0.305 e. The first kappa shape index (κ1) is 103. The standard InChI is InChI=1S/C118H132O23/c1-121-102(119)68-42-4-2-3-5-43-69-126-116-112(109(132-79-95-62-36-15-37-63-95)105(128-75-91-54-28-11-29-55-91)99(136-116)83-123-71-87-46-20-7-21-47-87)140-118-114(111(134-81-97-66-40-17-41-67-97)107(130-77-93-58-32-13-33-59-93)101(138-118)85-125-73-89-50-24-9-25-51-89)141-117-113(110(133-80-96-64-38-16-39-65-96)106(129-76-92-56-30-12-31-57-92)100(137-117)84-124-72-88-48-22-8-23-49-88)139-115-103(120)108(131-78-94-60-34-14-35-61-94)104(127-74-90-52-26-10-27-53-90)98(135-115)82-122-70-86-44-18-6-19-45-86/h6-41,44-67,98-101,103-118,120H,2-5,42-43,68-85H2,1H3/t98-,99-,100-,101-,103+,104-,105-,106-,107-,108-,109+,110+,111+,112+,113+,114+,115-,116+,117-,118-/m1/s1. The number of ether oxygens (including phenoxy) is 21. The van der Waals surface area contributed by atoms with E-state index in [9.17, 15) is 9.90 Å². The fourth-order valence-corrected chi connectivity index (χ4v) is 18.0. The maximum Gasteiger partial charge on any atom is 0.305 e. The second-order valence-electron chi connectivity index (χ2n) is 35.9. The Balaban J connectivity index is 0.871. The molecule has 4 fully saturated rings. The first-order valence-electron chi connectivity index (χ1n) is 49.4. The van der Waals surface area contributed by atoms with Gasteiger partial charge < -0.3 is 105 Å². The van der Waals surface area contributed by atoms with Crippen LogP contribution in [0.15, 0.2) is 364 Å². The molecule has 20 atom stereocenters. The summed E-state index contributed by atoms with van der Waals surface area (Å²) in [6.45, 7) is 1.31. The fraction of sp³-hybridized carbons (Fsp3) is 0.381. The zero-order valence-corrected chi connectivity index (χ0v) is 80.1. The number of carbonyl (C=O) groups is 1. The minimum absolute atomic E-state index is 0.000545. The maximum absolute atomic E-state index is 14.0. The van der Waals surface area contributed by atoms with Gasteiger partial charge in [0.05, 0.1) is 113 Å². The van der Waals surface area contributed by atoms with Gasteiger partial charge in [0.15, 0.2) is 25.2 Å². The molecule has 0 radical (unpaired) electrons. The topological polar surface area (TPSA) is 231 Å². The van der Waals surface area contributed by atoms with Crippen molar-refractivity contribution < 1.29 is 109 Å². The number of unbranched alkanes of at least 4 members (excludes halogenated alkanes) is 5. The van der Waals surface area contributed by atoms with Crippen molar-refractivity contribution in [2.45, 2.75) is 247 Å². The van der Waals surface area contributed by atoms with Crippen LogP contribution in [0.2, 0.25) is 0 Å². The summed E-state index contributed by atoms with van der Waals surface area (Å²) in [5.41, 5.74) is 10.5. The number of methoxy groups -OCH3 is 1. The zero-order valence-electron chi connectivity index (χ0n) is 80.1. The molecular weight excluding hydrogens is 1790 g/mol. The molecule has 4 aliphatic rings. The Labute approximate surface area is 828 Å². The first-order chi connectivity index (χ1) is 69.7. The van der Waals surface area contributed by atoms with Gasteiger partial charge in [-0.05, 0) is 79.6 Å². The normalized spacial score (nSPS) is 24.6. The molecule has 12 aromatic carbocycles. The molecule has 16 rings (SSSR count). The highest BCUT2D eigenvalue weighted by molar-refractivity contribution is 5.69. The Morgan fingerprint density at radius 2 is 0.418 bits per heavy atom. The Morgan fingerprint density at radius 1 is 0.220 bits per heavy atom. The zero-order chi connectivity index (χ0) is 96.3. The van der Waals surface area contributed by atoms with E-state index in [1.165, 1.54) is 7.11 Å². The number of benzene rings is 12. The van der Waals surface area contributed by atoms with Crippen molar-refractivity contribution in [2.24, 2.45) is 0 Å². The van der Waals surface area contributed by atoms with E-state index >= 15 is 0 Å². The highest BCUT2D eigenvalue weighted by atomic mass is 16.8. The lowest BCUT2D eigenvalue weighted by Gasteiger charge is -2.52. The molecule has 1 N–H and O–H groups in total. The van der Waals surface area contributed by atoms with Crippen LogP contribution in [-0.2, 0) is 184 Å². The summed E-state index contributed by atoms with van der Waals surface area (Å²) in [6.07, 6.45) is -19.8. The number of aliphatic hydroxyl groups excluding tert-OH is 1. The summed E-state index contributed by atoms with van der Waals surface area (Å²) in [5.74, 6) is -0.226. The van der Waals surface area contributed by atoms with Crippen LogP contribution in [0.5, 0.6) is 0 Å². The van der Waals surface area contributed by atoms with Gasteiger partial charge in [-0.3, -0.25) is 4.79 Å². The quantitative estimate of drug-likeness (QED) is 0.0276. The third kappa shape index (κ3) is 32.1. The molecule has 4 saturated heterocycles. The molecule has 0 amide bonds. The van der Waals surface area contributed by atoms with Crippen molar-refractivity contribution in [3.05, 3.63) is 431 Å². The van der Waals surface area contributed by atoms with Crippen LogP contribution in [0.4, 0.5) is 0 Å². The average molecular weight is 1920 g/mol. The summed E-state index contributed by atoms with van der Waals surface area (Å²) >= 11 is 0. The number of aliphatic hydroxyl groups is 1. The number of esters is 1. The molecule has 23 nitrogen and oxygen atoms in total. The molecule has 0 aliphatic carbocycles. The Bertz CT molecular complexity index is 5380. The lowest BCUT2D eigenvalue weighted by atomic mass is 9.94. The van der Waals surface area contributed by atoms with E-state index in [1.807, 2.05) is 364 Å². The summed E-state index contributed by atoms with van der Waals surface area (Å²) in [4.78, 5) is 12.2. The molecule has 141 heavy (non-hydrogen) atoms. The lowest BCUT2D eigenvalue weighted by molar-refractivity contribution is -0.416. The van der Waals surface area contributed by atoms with Gasteiger partial charge in [-0.15, -0.1) is 0 Å². The van der Waals surface area contributed by atoms with Crippen LogP contribution < -0.4 is 0 Å². The number of hydrogen-bond donors (Lipinski definition) is 1. The number of carbonyl (C=O) groups excluding carboxylic acids is 1. The minimum Gasteiger partial charge on any atom is -0.469 e. The molecule has 23 heteroatoms. The van der Waals surface area contributed by atoms with Crippen LogP contribution in [0, 0.1) is 0 Å². The molecular formula is C118H132O23. The van der Waals surface area contributed by atoms with Crippen LogP contribution in [0.1, 0.15) is 112 Å². The number of hydrogen-bond acceptors (Lipinski definition) is 23. The predicted molar refractivity (Wildman–Crippen MR) is 530 cm³/mol. The van der Waals surface area contributed by atoms with Crippen molar-refractivity contribution in [3.8, 4) is 0 Å². The van der Waals surface area contributed by atoms with Gasteiger partial charge in [-0.1, -0.05) is 390 Å². The summed E-state index contributed by atoms with van der Waals surface area (Å²) < 4.78 is 155. The van der Waals surface area contributed by atoms with Gasteiger partial charge in [0.25, 0.3) is 0 Å². The fourth-order valence-electron chi connectivity index (χ4n) is 18.0. The van der Waals surface area contributed by atoms with E-state index in [1.54, 1.807) is 0 Å². The largest absolute Gasteiger partial charge is 0.469 e. The van der Waals surface area contributed by atoms with E-state index in [0.29, 0.717) is 19.3 Å². The Hall–Kier alpha value is -10.7. The van der Waals surface area contributed by atoms with Crippen molar-refractivity contribution in [3.63, 3.8) is 0 Å². The van der Waals surface area contributed by atoms with Gasteiger partial charge >= 0.3 is 5.97 Å². The van der Waals surface area contributed by atoms with Crippen LogP contribution in [-0.4, -0.2) is 174 Å². The highest BCUT2D eigenvalue weighted by Gasteiger charge is 2.60. The highest BCUT2D eigenvalue weighted by Crippen LogP contribution is 2.42. The van der Waals surface area contributed by atoms with Crippen LogP contribution in [0.3, 0.4) is 0 Å². The SMILES string of the molecule is COC(=O)CCCCCCCCO[C@H]1O[C@H](COCc2ccccc2)[C@@H](OCc2ccccc2)[C@H](OCc2ccccc2)[C@@H]1O[C@H]1O[C@H](COCc2ccccc2)[C@@H](OCc2ccccc2)[C@H](OCc2ccccc2)[C@@H]1O[C@H]1O[C@H](COCc2ccccc2)[C@@H](OCc2ccccc2)[C@H](OCc2ccccc2)[C@@H]1O[C@H]1O[C@H](COCc2ccccc2)[C@@H](OCc2ccccc2)[C@H](OCc2ccccc2)[C@@H]1O. The van der Waals surface area contributed by atoms with E-state index in [0.717, 1.165) is 92.4 Å². The van der Waals surface area contributed by atoms with E-state index in [4.69, 9.17) is 99.5 Å². The molecule has 0 aromatic heterocycles. The van der Waals surface area contributed by atoms with Crippen molar-refractivity contribution in [1.29, 1.82) is 0 Å². The summed E-state index contributed by atoms with van der Waals surface area (Å²) in [6, 6.07) is 119. The maximum atomic E-state index is 14.0. The van der Waals surface area contributed by atoms with E-state index in [-0.39, 0.29) is 118 Å². The average Bonchev–Trinajstić information content (AvgIpc) is 0.753. The second-order valence-corrected chi connectivity index (χ2v) is 35.9. The molecule has 0 saturated carbocycles. The van der Waals surface area contributed by atoms with Gasteiger partial charge in [-0.2, -0.15) is 0 Å². The summed E-state index contributed by atoms with van der Waals surface area (Å²) in [5, 5.41) is 14.0. The molecule has 0 unspecified atom stereocenters. The lowest BCUT2D eigenvalue weighted by Crippen LogP contribution is -2.69. The third-order valence-electron chi connectivity index (χ3n) is 25.4. The minimum atomic E-state index is -1.66. The molecule has 4 heterocycles. The van der Waals surface area contributed by atoms with E-state index in [2.05, 4.69) is 0 Å². The van der Waals surface area contributed by atoms with Gasteiger partial charge in [-0.25, -0.2) is 0 Å². The Kier molecular flexibility index (Phi) is 41.7. The summed E-state index contributed by atoms with van der Waals surface area (Å²) in [7, 11) is 1.42.